The van der Waals surface area contributed by atoms with Crippen LogP contribution in [0, 0.1) is 0 Å². The number of hydrogen-bond acceptors (Lipinski definition) is 4. The number of pyridine rings is 1. The summed E-state index contributed by atoms with van der Waals surface area (Å²) in [4.78, 5) is 27.5. The first-order valence-electron chi connectivity index (χ1n) is 9.54. The Morgan fingerprint density at radius 1 is 1.21 bits per heavy atom. The quantitative estimate of drug-likeness (QED) is 0.474. The maximum Gasteiger partial charge on any atom is 0.325 e. The summed E-state index contributed by atoms with van der Waals surface area (Å²) in [6.07, 6.45) is 2.33. The second-order valence-electron chi connectivity index (χ2n) is 7.46. The Hall–Kier alpha value is -2.53. The van der Waals surface area contributed by atoms with Crippen molar-refractivity contribution in [2.45, 2.75) is 32.2 Å². The molecule has 1 aliphatic carbocycles. The van der Waals surface area contributed by atoms with Gasteiger partial charge in [0.05, 0.1) is 28.4 Å². The van der Waals surface area contributed by atoms with Crippen LogP contribution in [0.1, 0.15) is 31.2 Å². The van der Waals surface area contributed by atoms with Gasteiger partial charge in [0.1, 0.15) is 6.54 Å². The van der Waals surface area contributed by atoms with E-state index in [0.717, 1.165) is 24.0 Å². The summed E-state index contributed by atoms with van der Waals surface area (Å²) in [7, 11) is 3.76. The van der Waals surface area contributed by atoms with Gasteiger partial charge in [-0.2, -0.15) is 0 Å². The van der Waals surface area contributed by atoms with E-state index in [4.69, 9.17) is 16.3 Å². The van der Waals surface area contributed by atoms with Crippen LogP contribution in [0.15, 0.2) is 35.1 Å². The van der Waals surface area contributed by atoms with Crippen molar-refractivity contribution in [2.75, 3.05) is 25.6 Å². The zero-order chi connectivity index (χ0) is 20.0. The fourth-order valence-corrected chi connectivity index (χ4v) is 4.16. The highest BCUT2D eigenvalue weighted by atomic mass is 35.5. The molecule has 0 radical (unpaired) electrons. The van der Waals surface area contributed by atoms with Gasteiger partial charge in [0.2, 0.25) is 0 Å². The van der Waals surface area contributed by atoms with E-state index in [0.29, 0.717) is 33.8 Å². The van der Waals surface area contributed by atoms with Crippen LogP contribution in [0.2, 0.25) is 5.02 Å². The first-order chi connectivity index (χ1) is 13.4. The van der Waals surface area contributed by atoms with Crippen LogP contribution in [-0.4, -0.2) is 31.2 Å². The highest BCUT2D eigenvalue weighted by Gasteiger charge is 2.25. The lowest BCUT2D eigenvalue weighted by Gasteiger charge is -2.22. The lowest BCUT2D eigenvalue weighted by Crippen LogP contribution is -2.21. The van der Waals surface area contributed by atoms with Crippen molar-refractivity contribution in [3.8, 4) is 0 Å². The zero-order valence-electron chi connectivity index (χ0n) is 16.3. The van der Waals surface area contributed by atoms with Gasteiger partial charge < -0.3 is 14.2 Å². The van der Waals surface area contributed by atoms with E-state index in [1.54, 1.807) is 19.1 Å². The average Bonchev–Trinajstić information content (AvgIpc) is 3.49. The number of nitrogens with zero attached hydrogens (tertiary/aromatic N) is 2. The summed E-state index contributed by atoms with van der Waals surface area (Å²) >= 11 is 6.49. The summed E-state index contributed by atoms with van der Waals surface area (Å²) in [6.45, 7) is 2.12. The number of fused-ring (bicyclic) bond motifs is 2. The number of halogens is 1. The molecule has 3 aromatic rings. The topological polar surface area (TPSA) is 51.5 Å². The molecule has 28 heavy (non-hydrogen) atoms. The highest BCUT2D eigenvalue weighted by Crippen LogP contribution is 2.41. The Labute approximate surface area is 168 Å². The minimum atomic E-state index is -0.338. The number of anilines is 1. The molecule has 0 saturated heterocycles. The Morgan fingerprint density at radius 3 is 2.57 bits per heavy atom. The van der Waals surface area contributed by atoms with Crippen molar-refractivity contribution in [1.29, 1.82) is 0 Å². The Morgan fingerprint density at radius 2 is 1.93 bits per heavy atom. The maximum atomic E-state index is 13.2. The molecular formula is C22H23ClN2O3. The molecule has 0 N–H and O–H groups in total. The molecule has 1 saturated carbocycles. The maximum absolute atomic E-state index is 13.2. The number of carbonyl (C=O) groups is 1. The molecule has 1 aliphatic rings. The smallest absolute Gasteiger partial charge is 0.325 e. The van der Waals surface area contributed by atoms with Gasteiger partial charge in [-0.3, -0.25) is 9.59 Å². The minimum Gasteiger partial charge on any atom is -0.465 e. The number of hydrogen-bond donors (Lipinski definition) is 0. The molecular weight excluding hydrogens is 376 g/mol. The predicted octanol–water partition coefficient (Wildman–Crippen LogP) is 4.31. The van der Waals surface area contributed by atoms with Crippen molar-refractivity contribution in [1.82, 2.24) is 4.57 Å². The van der Waals surface area contributed by atoms with Crippen LogP contribution in [0.25, 0.3) is 21.8 Å². The van der Waals surface area contributed by atoms with Crippen molar-refractivity contribution in [3.05, 3.63) is 51.1 Å². The van der Waals surface area contributed by atoms with Crippen molar-refractivity contribution >= 4 is 45.1 Å². The van der Waals surface area contributed by atoms with Crippen molar-refractivity contribution in [2.24, 2.45) is 0 Å². The zero-order valence-corrected chi connectivity index (χ0v) is 17.0. The highest BCUT2D eigenvalue weighted by molar-refractivity contribution is 6.35. The number of carbonyl (C=O) groups excluding carboxylic acids is 1. The van der Waals surface area contributed by atoms with E-state index in [9.17, 15) is 9.59 Å². The number of rotatable bonds is 5. The molecule has 0 aliphatic heterocycles. The van der Waals surface area contributed by atoms with Crippen molar-refractivity contribution in [3.63, 3.8) is 0 Å². The third-order valence-corrected chi connectivity index (χ3v) is 5.57. The van der Waals surface area contributed by atoms with E-state index >= 15 is 0 Å². The minimum absolute atomic E-state index is 0.0242. The van der Waals surface area contributed by atoms with E-state index < -0.39 is 0 Å². The van der Waals surface area contributed by atoms with Crippen LogP contribution in [-0.2, 0) is 16.1 Å². The molecule has 146 valence electrons. The first-order valence-corrected chi connectivity index (χ1v) is 9.91. The molecule has 2 aromatic carbocycles. The molecule has 0 unspecified atom stereocenters. The molecule has 0 amide bonds. The van der Waals surface area contributed by atoms with Crippen LogP contribution in [0.4, 0.5) is 5.69 Å². The average molecular weight is 399 g/mol. The molecule has 5 nitrogen and oxygen atoms in total. The molecule has 1 fully saturated rings. The van der Waals surface area contributed by atoms with Gasteiger partial charge in [0, 0.05) is 24.9 Å². The number of esters is 1. The van der Waals surface area contributed by atoms with E-state index in [2.05, 4.69) is 0 Å². The summed E-state index contributed by atoms with van der Waals surface area (Å²) < 4.78 is 7.10. The fourth-order valence-electron chi connectivity index (χ4n) is 3.84. The predicted molar refractivity (Wildman–Crippen MR) is 114 cm³/mol. The summed E-state index contributed by atoms with van der Waals surface area (Å²) in [5.74, 6) is 0.203. The lowest BCUT2D eigenvalue weighted by atomic mass is 10.0. The number of benzene rings is 2. The summed E-state index contributed by atoms with van der Waals surface area (Å²) in [6, 6.07) is 9.44. The molecule has 6 heteroatoms. The van der Waals surface area contributed by atoms with Crippen LogP contribution < -0.4 is 10.3 Å². The lowest BCUT2D eigenvalue weighted by molar-refractivity contribution is -0.143. The Balaban J connectivity index is 2.13. The van der Waals surface area contributed by atoms with Crippen molar-refractivity contribution < 1.29 is 9.53 Å². The Bertz CT molecular complexity index is 1150. The van der Waals surface area contributed by atoms with Gasteiger partial charge in [-0.05, 0) is 55.5 Å². The summed E-state index contributed by atoms with van der Waals surface area (Å²) in [5.41, 5.74) is 3.29. The van der Waals surface area contributed by atoms with Gasteiger partial charge in [-0.25, -0.2) is 0 Å². The van der Waals surface area contributed by atoms with Gasteiger partial charge in [-0.1, -0.05) is 17.7 Å². The van der Waals surface area contributed by atoms with E-state index in [1.165, 1.54) is 5.56 Å². The van der Waals surface area contributed by atoms with Crippen LogP contribution in [0.5, 0.6) is 0 Å². The van der Waals surface area contributed by atoms with Gasteiger partial charge in [0.15, 0.2) is 5.43 Å². The van der Waals surface area contributed by atoms with E-state index in [1.807, 2.05) is 41.8 Å². The van der Waals surface area contributed by atoms with Gasteiger partial charge >= 0.3 is 5.97 Å². The molecule has 0 atom stereocenters. The third kappa shape index (κ3) is 3.14. The molecule has 0 bridgehead atoms. The van der Waals surface area contributed by atoms with Crippen LogP contribution in [0.3, 0.4) is 0 Å². The largest absolute Gasteiger partial charge is 0.465 e. The molecule has 4 rings (SSSR count). The molecule has 0 spiro atoms. The number of ether oxygens (including phenoxy) is 1. The standard InChI is InChI=1S/C22H23ClN2O3/c1-4-28-19(26)12-25-18-11-14(13-5-6-13)7-8-15(18)22(27)16-9-10-17(23)21(20(16)25)24(2)3/h7-11,13H,4-6,12H2,1-3H3. The Kier molecular flexibility index (Phi) is 4.79. The SMILES string of the molecule is CCOC(=O)Cn1c2cc(C3CC3)ccc2c(=O)c2ccc(Cl)c(N(C)C)c21. The van der Waals surface area contributed by atoms with E-state index in [-0.39, 0.29) is 17.9 Å². The normalized spacial score (nSPS) is 13.9. The molecule has 1 aromatic heterocycles. The fraction of sp³-hybridized carbons (Fsp3) is 0.364. The number of aromatic nitrogens is 1. The summed E-state index contributed by atoms with van der Waals surface area (Å²) in [5, 5.41) is 1.68. The third-order valence-electron chi connectivity index (χ3n) is 5.26. The molecule has 1 heterocycles. The second-order valence-corrected chi connectivity index (χ2v) is 7.86. The second kappa shape index (κ2) is 7.13. The first kappa shape index (κ1) is 18.8. The van der Waals surface area contributed by atoms with Crippen LogP contribution >= 0.6 is 11.6 Å². The monoisotopic (exact) mass is 398 g/mol. The van der Waals surface area contributed by atoms with Gasteiger partial charge in [-0.15, -0.1) is 0 Å². The van der Waals surface area contributed by atoms with Gasteiger partial charge in [0.25, 0.3) is 0 Å².